The van der Waals surface area contributed by atoms with Crippen molar-refractivity contribution in [3.63, 3.8) is 0 Å². The number of aromatic nitrogens is 2. The lowest BCUT2D eigenvalue weighted by atomic mass is 10.2. The van der Waals surface area contributed by atoms with Gasteiger partial charge >= 0.3 is 5.51 Å². The van der Waals surface area contributed by atoms with Crippen molar-refractivity contribution in [3.05, 3.63) is 48.0 Å². The Morgan fingerprint density at radius 2 is 2.00 bits per heavy atom. The first-order chi connectivity index (χ1) is 9.85. The van der Waals surface area contributed by atoms with Gasteiger partial charge in [-0.05, 0) is 36.0 Å². The minimum Gasteiger partial charge on any atom is -0.347 e. The van der Waals surface area contributed by atoms with Gasteiger partial charge in [-0.3, -0.25) is 4.79 Å². The Labute approximate surface area is 123 Å². The summed E-state index contributed by atoms with van der Waals surface area (Å²) < 4.78 is 36.7. The van der Waals surface area contributed by atoms with Crippen LogP contribution in [-0.2, 0) is 6.54 Å². The molecule has 0 spiro atoms. The molecule has 8 heteroatoms. The molecule has 0 fully saturated rings. The molecule has 0 radical (unpaired) electrons. The molecule has 21 heavy (non-hydrogen) atoms. The molecule has 1 amide bonds. The monoisotopic (exact) mass is 315 g/mol. The number of halogens is 3. The molecule has 1 aromatic carbocycles. The summed E-state index contributed by atoms with van der Waals surface area (Å²) in [6.07, 6.45) is 3.23. The summed E-state index contributed by atoms with van der Waals surface area (Å²) in [7, 11) is 1.60. The van der Waals surface area contributed by atoms with E-state index in [1.54, 1.807) is 19.4 Å². The molecule has 1 N–H and O–H groups in total. The molecular formula is C13H12F3N3OS. The van der Waals surface area contributed by atoms with Gasteiger partial charge in [-0.15, -0.1) is 0 Å². The lowest BCUT2D eigenvalue weighted by Crippen LogP contribution is -2.26. The van der Waals surface area contributed by atoms with Gasteiger partial charge in [0, 0.05) is 29.9 Å². The van der Waals surface area contributed by atoms with E-state index in [4.69, 9.17) is 0 Å². The molecule has 1 heterocycles. The molecule has 0 bridgehead atoms. The maximum absolute atomic E-state index is 12.2. The number of aromatic amines is 1. The molecule has 0 atom stereocenters. The van der Waals surface area contributed by atoms with E-state index < -0.39 is 5.51 Å². The number of benzene rings is 1. The van der Waals surface area contributed by atoms with Crippen LogP contribution in [0.15, 0.2) is 41.6 Å². The molecule has 0 aliphatic carbocycles. The van der Waals surface area contributed by atoms with Crippen LogP contribution in [0.5, 0.6) is 0 Å². The minimum absolute atomic E-state index is 0.0488. The highest BCUT2D eigenvalue weighted by atomic mass is 32.2. The number of nitrogens with one attached hydrogen (secondary N) is 1. The number of H-pyrrole nitrogens is 1. The standard InChI is InChI=1S/C13H12F3N3OS/c1-19(8-11-17-6-7-18-11)12(20)9-2-4-10(5-3-9)21-13(14,15)16/h2-7H,8H2,1H3,(H,17,18). The Balaban J connectivity index is 2.02. The largest absolute Gasteiger partial charge is 0.446 e. The Bertz CT molecular complexity index is 596. The Hall–Kier alpha value is -1.96. The van der Waals surface area contributed by atoms with Gasteiger partial charge in [0.05, 0.1) is 6.54 Å². The third-order valence-corrected chi connectivity index (χ3v) is 3.36. The number of alkyl halides is 3. The van der Waals surface area contributed by atoms with E-state index in [2.05, 4.69) is 9.97 Å². The summed E-state index contributed by atoms with van der Waals surface area (Å²) >= 11 is -0.207. The zero-order chi connectivity index (χ0) is 15.5. The van der Waals surface area contributed by atoms with Crippen LogP contribution in [0.3, 0.4) is 0 Å². The summed E-state index contributed by atoms with van der Waals surface area (Å²) in [5, 5.41) is 0. The van der Waals surface area contributed by atoms with Crippen molar-refractivity contribution >= 4 is 17.7 Å². The van der Waals surface area contributed by atoms with Gasteiger partial charge in [-0.25, -0.2) is 4.98 Å². The number of carbonyl (C=O) groups is 1. The van der Waals surface area contributed by atoms with Crippen LogP contribution in [0.4, 0.5) is 13.2 Å². The predicted octanol–water partition coefficient (Wildman–Crippen LogP) is 3.29. The van der Waals surface area contributed by atoms with Crippen LogP contribution >= 0.6 is 11.8 Å². The van der Waals surface area contributed by atoms with E-state index >= 15 is 0 Å². The molecular weight excluding hydrogens is 303 g/mol. The normalized spacial score (nSPS) is 11.4. The van der Waals surface area contributed by atoms with Crippen LogP contribution in [0, 0.1) is 0 Å². The Kier molecular flexibility index (Phi) is 4.56. The van der Waals surface area contributed by atoms with Crippen molar-refractivity contribution in [2.24, 2.45) is 0 Å². The zero-order valence-electron chi connectivity index (χ0n) is 11.0. The predicted molar refractivity (Wildman–Crippen MR) is 72.7 cm³/mol. The summed E-state index contributed by atoms with van der Waals surface area (Å²) in [5.74, 6) is 0.352. The maximum Gasteiger partial charge on any atom is 0.446 e. The number of thioether (sulfide) groups is 1. The van der Waals surface area contributed by atoms with Crippen molar-refractivity contribution in [2.75, 3.05) is 7.05 Å². The third kappa shape index (κ3) is 4.52. The number of hydrogen-bond donors (Lipinski definition) is 1. The Morgan fingerprint density at radius 3 is 2.52 bits per heavy atom. The first-order valence-corrected chi connectivity index (χ1v) is 6.76. The highest BCUT2D eigenvalue weighted by Gasteiger charge is 2.29. The second kappa shape index (κ2) is 6.21. The summed E-state index contributed by atoms with van der Waals surface area (Å²) in [5.41, 5.74) is -4.00. The van der Waals surface area contributed by atoms with E-state index in [0.29, 0.717) is 17.9 Å². The van der Waals surface area contributed by atoms with Gasteiger partial charge < -0.3 is 9.88 Å². The first kappa shape index (κ1) is 15.4. The zero-order valence-corrected chi connectivity index (χ0v) is 11.8. The minimum atomic E-state index is -4.33. The molecule has 1 aromatic heterocycles. The van der Waals surface area contributed by atoms with Gasteiger partial charge in [0.25, 0.3) is 5.91 Å². The lowest BCUT2D eigenvalue weighted by molar-refractivity contribution is -0.0328. The molecule has 0 aliphatic heterocycles. The first-order valence-electron chi connectivity index (χ1n) is 5.95. The fourth-order valence-electron chi connectivity index (χ4n) is 1.70. The summed E-state index contributed by atoms with van der Waals surface area (Å²) in [6.45, 7) is 0.297. The van der Waals surface area contributed by atoms with E-state index in [-0.39, 0.29) is 22.6 Å². The van der Waals surface area contributed by atoms with Crippen molar-refractivity contribution in [1.82, 2.24) is 14.9 Å². The van der Waals surface area contributed by atoms with Crippen molar-refractivity contribution in [3.8, 4) is 0 Å². The highest BCUT2D eigenvalue weighted by Crippen LogP contribution is 2.36. The van der Waals surface area contributed by atoms with E-state index in [0.717, 1.165) is 0 Å². The second-order valence-corrected chi connectivity index (χ2v) is 5.41. The number of amides is 1. The van der Waals surface area contributed by atoms with Gasteiger partial charge in [-0.1, -0.05) is 0 Å². The van der Waals surface area contributed by atoms with E-state index in [1.165, 1.54) is 29.2 Å². The number of nitrogens with zero attached hydrogens (tertiary/aromatic N) is 2. The topological polar surface area (TPSA) is 49.0 Å². The molecule has 0 aliphatic rings. The van der Waals surface area contributed by atoms with E-state index in [9.17, 15) is 18.0 Å². The fourth-order valence-corrected chi connectivity index (χ4v) is 2.24. The smallest absolute Gasteiger partial charge is 0.347 e. The third-order valence-electron chi connectivity index (χ3n) is 2.62. The molecule has 112 valence electrons. The average Bonchev–Trinajstić information content (AvgIpc) is 2.90. The second-order valence-electron chi connectivity index (χ2n) is 4.27. The van der Waals surface area contributed by atoms with Crippen molar-refractivity contribution in [1.29, 1.82) is 0 Å². The molecule has 2 rings (SSSR count). The molecule has 0 unspecified atom stereocenters. The maximum atomic E-state index is 12.2. The fraction of sp³-hybridized carbons (Fsp3) is 0.231. The van der Waals surface area contributed by atoms with Crippen molar-refractivity contribution < 1.29 is 18.0 Å². The number of rotatable bonds is 4. The van der Waals surface area contributed by atoms with Gasteiger partial charge in [0.1, 0.15) is 5.82 Å². The van der Waals surface area contributed by atoms with Crippen molar-refractivity contribution in [2.45, 2.75) is 16.9 Å². The van der Waals surface area contributed by atoms with Crippen LogP contribution in [0.25, 0.3) is 0 Å². The van der Waals surface area contributed by atoms with Gasteiger partial charge in [0.15, 0.2) is 0 Å². The lowest BCUT2D eigenvalue weighted by Gasteiger charge is -2.16. The van der Waals surface area contributed by atoms with Crippen LogP contribution < -0.4 is 0 Å². The Morgan fingerprint density at radius 1 is 1.33 bits per heavy atom. The molecule has 4 nitrogen and oxygen atoms in total. The molecule has 0 saturated heterocycles. The van der Waals surface area contributed by atoms with E-state index in [1.807, 2.05) is 0 Å². The summed E-state index contributed by atoms with van der Waals surface area (Å²) in [6, 6.07) is 5.34. The van der Waals surface area contributed by atoms with Crippen LogP contribution in [-0.4, -0.2) is 33.3 Å². The highest BCUT2D eigenvalue weighted by molar-refractivity contribution is 8.00. The quantitative estimate of drug-likeness (QED) is 0.881. The number of carbonyl (C=O) groups excluding carboxylic acids is 1. The number of imidazole rings is 1. The van der Waals surface area contributed by atoms with Gasteiger partial charge in [0.2, 0.25) is 0 Å². The van der Waals surface area contributed by atoms with Crippen LogP contribution in [0.2, 0.25) is 0 Å². The van der Waals surface area contributed by atoms with Gasteiger partial charge in [-0.2, -0.15) is 13.2 Å². The molecule has 2 aromatic rings. The number of hydrogen-bond acceptors (Lipinski definition) is 3. The average molecular weight is 315 g/mol. The van der Waals surface area contributed by atoms with Crippen LogP contribution in [0.1, 0.15) is 16.2 Å². The SMILES string of the molecule is CN(Cc1ncc[nH]1)C(=O)c1ccc(SC(F)(F)F)cc1. The molecule has 0 saturated carbocycles. The summed E-state index contributed by atoms with van der Waals surface area (Å²) in [4.78, 5) is 20.5.